The number of benzene rings is 1. The van der Waals surface area contributed by atoms with E-state index >= 15 is 0 Å². The summed E-state index contributed by atoms with van der Waals surface area (Å²) in [5.41, 5.74) is 0.906. The number of sulfone groups is 1. The van der Waals surface area contributed by atoms with E-state index < -0.39 is 15.9 Å². The van der Waals surface area contributed by atoms with Crippen molar-refractivity contribution in [2.75, 3.05) is 31.1 Å². The summed E-state index contributed by atoms with van der Waals surface area (Å²) >= 11 is 0. The third-order valence-corrected chi connectivity index (χ3v) is 5.40. The van der Waals surface area contributed by atoms with Crippen LogP contribution in [0.5, 0.6) is 0 Å². The maximum atomic E-state index is 12.6. The second kappa shape index (κ2) is 7.24. The van der Waals surface area contributed by atoms with E-state index in [2.05, 4.69) is 5.32 Å². The first-order valence-electron chi connectivity index (χ1n) is 7.66. The standard InChI is InChI=1S/C16H24N2O3S/c1-13(2)12-17-16(19)15(14-6-4-3-5-7-14)18-8-10-22(20,21)11-9-18/h3-7,13,15H,8-12H2,1-2H3,(H,17,19). The van der Waals surface area contributed by atoms with Crippen LogP contribution in [-0.2, 0) is 14.6 Å². The van der Waals surface area contributed by atoms with Crippen LogP contribution in [0, 0.1) is 5.92 Å². The number of rotatable bonds is 5. The number of carbonyl (C=O) groups is 1. The molecule has 1 aliphatic heterocycles. The molecule has 1 heterocycles. The molecule has 0 aliphatic carbocycles. The Bertz CT molecular complexity index is 585. The zero-order chi connectivity index (χ0) is 16.2. The number of carbonyl (C=O) groups excluding carboxylic acids is 1. The highest BCUT2D eigenvalue weighted by atomic mass is 32.2. The molecule has 1 unspecified atom stereocenters. The Balaban J connectivity index is 2.17. The lowest BCUT2D eigenvalue weighted by Gasteiger charge is -2.33. The van der Waals surface area contributed by atoms with E-state index in [0.717, 1.165) is 5.56 Å². The van der Waals surface area contributed by atoms with Gasteiger partial charge in [0.15, 0.2) is 9.84 Å². The van der Waals surface area contributed by atoms with Gasteiger partial charge >= 0.3 is 0 Å². The van der Waals surface area contributed by atoms with E-state index in [1.54, 1.807) is 0 Å². The monoisotopic (exact) mass is 324 g/mol. The molecule has 0 aromatic heterocycles. The fraction of sp³-hybridized carbons (Fsp3) is 0.562. The van der Waals surface area contributed by atoms with E-state index in [4.69, 9.17) is 0 Å². The van der Waals surface area contributed by atoms with Gasteiger partial charge in [0.1, 0.15) is 6.04 Å². The molecule has 1 aliphatic rings. The van der Waals surface area contributed by atoms with Crippen LogP contribution in [0.2, 0.25) is 0 Å². The van der Waals surface area contributed by atoms with E-state index in [1.165, 1.54) is 0 Å². The molecule has 0 bridgehead atoms. The van der Waals surface area contributed by atoms with Gasteiger partial charge < -0.3 is 5.32 Å². The molecule has 122 valence electrons. The molecule has 1 amide bonds. The Kier molecular flexibility index (Phi) is 5.58. The highest BCUT2D eigenvalue weighted by molar-refractivity contribution is 7.91. The summed E-state index contributed by atoms with van der Waals surface area (Å²) in [4.78, 5) is 14.6. The van der Waals surface area contributed by atoms with Gasteiger partial charge in [-0.1, -0.05) is 44.2 Å². The predicted octanol–water partition coefficient (Wildman–Crippen LogP) is 1.23. The molecule has 1 atom stereocenters. The lowest BCUT2D eigenvalue weighted by molar-refractivity contribution is -0.126. The zero-order valence-corrected chi connectivity index (χ0v) is 14.0. The zero-order valence-electron chi connectivity index (χ0n) is 13.2. The van der Waals surface area contributed by atoms with E-state index in [-0.39, 0.29) is 17.4 Å². The molecule has 1 aromatic carbocycles. The van der Waals surface area contributed by atoms with Crippen molar-refractivity contribution in [3.63, 3.8) is 0 Å². The topological polar surface area (TPSA) is 66.5 Å². The number of nitrogens with one attached hydrogen (secondary N) is 1. The Morgan fingerprint density at radius 1 is 1.18 bits per heavy atom. The first kappa shape index (κ1) is 17.0. The smallest absolute Gasteiger partial charge is 0.241 e. The van der Waals surface area contributed by atoms with Crippen molar-refractivity contribution >= 4 is 15.7 Å². The highest BCUT2D eigenvalue weighted by Crippen LogP contribution is 2.23. The third-order valence-electron chi connectivity index (χ3n) is 3.79. The SMILES string of the molecule is CC(C)CNC(=O)C(c1ccccc1)N1CCS(=O)(=O)CC1. The van der Waals surface area contributed by atoms with Gasteiger partial charge in [-0.2, -0.15) is 0 Å². The quantitative estimate of drug-likeness (QED) is 0.885. The minimum Gasteiger partial charge on any atom is -0.354 e. The maximum absolute atomic E-state index is 12.6. The van der Waals surface area contributed by atoms with Crippen LogP contribution in [0.15, 0.2) is 30.3 Å². The van der Waals surface area contributed by atoms with Crippen molar-refractivity contribution in [2.24, 2.45) is 5.92 Å². The Morgan fingerprint density at radius 3 is 2.32 bits per heavy atom. The van der Waals surface area contributed by atoms with Crippen molar-refractivity contribution in [3.05, 3.63) is 35.9 Å². The largest absolute Gasteiger partial charge is 0.354 e. The predicted molar refractivity (Wildman–Crippen MR) is 87.3 cm³/mol. The molecule has 0 spiro atoms. The number of hydrogen-bond acceptors (Lipinski definition) is 4. The lowest BCUT2D eigenvalue weighted by atomic mass is 10.0. The number of amides is 1. The second-order valence-electron chi connectivity index (χ2n) is 6.14. The van der Waals surface area contributed by atoms with Crippen molar-refractivity contribution in [3.8, 4) is 0 Å². The summed E-state index contributed by atoms with van der Waals surface area (Å²) in [6.07, 6.45) is 0. The fourth-order valence-electron chi connectivity index (χ4n) is 2.55. The van der Waals surface area contributed by atoms with Crippen LogP contribution in [-0.4, -0.2) is 50.4 Å². The molecule has 0 saturated carbocycles. The molecule has 5 nitrogen and oxygen atoms in total. The van der Waals surface area contributed by atoms with Gasteiger partial charge in [0, 0.05) is 19.6 Å². The average molecular weight is 324 g/mol. The fourth-order valence-corrected chi connectivity index (χ4v) is 3.78. The summed E-state index contributed by atoms with van der Waals surface area (Å²) in [6.45, 7) is 5.51. The Labute approximate surface area is 132 Å². The van der Waals surface area contributed by atoms with Crippen LogP contribution in [0.3, 0.4) is 0 Å². The minimum atomic E-state index is -2.96. The molecule has 1 fully saturated rings. The van der Waals surface area contributed by atoms with Crippen molar-refractivity contribution in [2.45, 2.75) is 19.9 Å². The molecular formula is C16H24N2O3S. The molecular weight excluding hydrogens is 300 g/mol. The summed E-state index contributed by atoms with van der Waals surface area (Å²) in [5.74, 6) is 0.558. The Hall–Kier alpha value is -1.40. The van der Waals surface area contributed by atoms with Gasteiger partial charge in [-0.15, -0.1) is 0 Å². The van der Waals surface area contributed by atoms with E-state index in [9.17, 15) is 13.2 Å². The summed E-state index contributed by atoms with van der Waals surface area (Å²) in [5, 5.41) is 2.97. The third kappa shape index (κ3) is 4.55. The van der Waals surface area contributed by atoms with Crippen LogP contribution < -0.4 is 5.32 Å². The minimum absolute atomic E-state index is 0.0563. The van der Waals surface area contributed by atoms with Crippen LogP contribution >= 0.6 is 0 Å². The molecule has 22 heavy (non-hydrogen) atoms. The van der Waals surface area contributed by atoms with Gasteiger partial charge in [0.25, 0.3) is 0 Å². The summed E-state index contributed by atoms with van der Waals surface area (Å²) in [6, 6.07) is 9.13. The normalized spacial score (nSPS) is 19.8. The van der Waals surface area contributed by atoms with E-state index in [0.29, 0.717) is 25.6 Å². The molecule has 6 heteroatoms. The van der Waals surface area contributed by atoms with E-state index in [1.807, 2.05) is 49.1 Å². The van der Waals surface area contributed by atoms with Crippen LogP contribution in [0.4, 0.5) is 0 Å². The molecule has 1 aromatic rings. The second-order valence-corrected chi connectivity index (χ2v) is 8.44. The highest BCUT2D eigenvalue weighted by Gasteiger charge is 2.32. The first-order chi connectivity index (χ1) is 10.4. The molecule has 1 N–H and O–H groups in total. The maximum Gasteiger partial charge on any atom is 0.241 e. The first-order valence-corrected chi connectivity index (χ1v) is 9.48. The summed E-state index contributed by atoms with van der Waals surface area (Å²) < 4.78 is 23.2. The average Bonchev–Trinajstić information content (AvgIpc) is 2.48. The van der Waals surface area contributed by atoms with Gasteiger partial charge in [-0.3, -0.25) is 9.69 Å². The van der Waals surface area contributed by atoms with Crippen LogP contribution in [0.1, 0.15) is 25.5 Å². The molecule has 0 radical (unpaired) electrons. The van der Waals surface area contributed by atoms with Gasteiger partial charge in [0.2, 0.25) is 5.91 Å². The molecule has 2 rings (SSSR count). The summed E-state index contributed by atoms with van der Waals surface area (Å²) in [7, 11) is -2.96. The number of nitrogens with zero attached hydrogens (tertiary/aromatic N) is 1. The molecule has 1 saturated heterocycles. The van der Waals surface area contributed by atoms with Gasteiger partial charge in [-0.05, 0) is 11.5 Å². The van der Waals surface area contributed by atoms with Gasteiger partial charge in [0.05, 0.1) is 11.5 Å². The van der Waals surface area contributed by atoms with Gasteiger partial charge in [-0.25, -0.2) is 8.42 Å². The van der Waals surface area contributed by atoms with Crippen molar-refractivity contribution < 1.29 is 13.2 Å². The van der Waals surface area contributed by atoms with Crippen molar-refractivity contribution in [1.29, 1.82) is 0 Å². The number of hydrogen-bond donors (Lipinski definition) is 1. The van der Waals surface area contributed by atoms with Crippen LogP contribution in [0.25, 0.3) is 0 Å². The van der Waals surface area contributed by atoms with Crippen molar-refractivity contribution in [1.82, 2.24) is 10.2 Å². The Morgan fingerprint density at radius 2 is 1.77 bits per heavy atom. The lowest BCUT2D eigenvalue weighted by Crippen LogP contribution is -2.48.